The summed E-state index contributed by atoms with van der Waals surface area (Å²) < 4.78 is 5.83. The first-order chi connectivity index (χ1) is 15.8. The van der Waals surface area contributed by atoms with Gasteiger partial charge in [0.1, 0.15) is 11.9 Å². The molecule has 0 fully saturated rings. The molecule has 33 heavy (non-hydrogen) atoms. The van der Waals surface area contributed by atoms with Crippen molar-refractivity contribution < 1.29 is 9.84 Å². The third-order valence-electron chi connectivity index (χ3n) is 4.13. The number of ether oxygens (including phenoxy) is 1. The van der Waals surface area contributed by atoms with Crippen LogP contribution in [0.3, 0.4) is 0 Å². The Morgan fingerprint density at radius 2 is 1.30 bits per heavy atom. The second-order valence-electron chi connectivity index (χ2n) is 6.79. The molecule has 4 aromatic rings. The summed E-state index contributed by atoms with van der Waals surface area (Å²) in [6.07, 6.45) is 5.53. The molecule has 0 aliphatic rings. The van der Waals surface area contributed by atoms with Gasteiger partial charge in [-0.1, -0.05) is 42.0 Å². The van der Waals surface area contributed by atoms with Crippen molar-refractivity contribution in [3.05, 3.63) is 111 Å². The van der Waals surface area contributed by atoms with Crippen LogP contribution >= 0.6 is 39.1 Å². The van der Waals surface area contributed by atoms with Gasteiger partial charge in [0.05, 0.1) is 11.6 Å². The highest BCUT2D eigenvalue weighted by Gasteiger charge is 2.11. The summed E-state index contributed by atoms with van der Waals surface area (Å²) in [5, 5.41) is 10.5. The van der Waals surface area contributed by atoms with Crippen molar-refractivity contribution in [3.63, 3.8) is 0 Å². The summed E-state index contributed by atoms with van der Waals surface area (Å²) in [7, 11) is 1.68. The Morgan fingerprint density at radius 3 is 1.76 bits per heavy atom. The fraction of sp³-hybridized carbons (Fsp3) is 0.167. The number of hydrogen-bond donors (Lipinski definition) is 1. The normalized spacial score (nSPS) is 10.8. The van der Waals surface area contributed by atoms with E-state index in [0.717, 1.165) is 21.3 Å². The Morgan fingerprint density at radius 1 is 0.788 bits per heavy atom. The number of halogens is 3. The molecule has 2 heterocycles. The van der Waals surface area contributed by atoms with Crippen LogP contribution in [0.1, 0.15) is 28.4 Å². The average molecular weight is 550 g/mol. The highest BCUT2D eigenvalue weighted by atomic mass is 79.9. The lowest BCUT2D eigenvalue weighted by molar-refractivity contribution is 0.219. The molecule has 2 aromatic heterocycles. The van der Waals surface area contributed by atoms with Crippen molar-refractivity contribution in [2.45, 2.75) is 20.0 Å². The standard InChI is InChI=1S/C12H11ClN2O.C8H10O.C4H2BrClN2/c1-8-3-2-4-9(5-8)11(16)10-6-14-12(13)15-7-10;1-7-4-3-5-8(6-7)9-2;5-3-1-7-4(6)8-2-3/h2-7,11,16H,1H3;3-6H,1-2H3;1-2H. The van der Waals surface area contributed by atoms with Crippen LogP contribution in [0.4, 0.5) is 0 Å². The molecule has 4 rings (SSSR count). The first kappa shape index (κ1) is 26.7. The molecule has 0 spiro atoms. The minimum absolute atomic E-state index is 0.181. The molecule has 2 aromatic carbocycles. The molecular weight excluding hydrogens is 527 g/mol. The molecule has 0 bridgehead atoms. The van der Waals surface area contributed by atoms with E-state index >= 15 is 0 Å². The molecule has 1 N–H and O–H groups in total. The molecular formula is C24H23BrCl2N4O2. The van der Waals surface area contributed by atoms with E-state index in [1.807, 2.05) is 62.4 Å². The van der Waals surface area contributed by atoms with Crippen LogP contribution in [0.5, 0.6) is 5.75 Å². The maximum Gasteiger partial charge on any atom is 0.222 e. The first-order valence-corrected chi connectivity index (χ1v) is 11.3. The van der Waals surface area contributed by atoms with E-state index in [2.05, 4.69) is 35.9 Å². The fourth-order valence-electron chi connectivity index (χ4n) is 2.53. The van der Waals surface area contributed by atoms with E-state index in [1.165, 1.54) is 18.0 Å². The number of benzene rings is 2. The van der Waals surface area contributed by atoms with Crippen molar-refractivity contribution in [1.82, 2.24) is 19.9 Å². The second kappa shape index (κ2) is 13.9. The van der Waals surface area contributed by atoms with Crippen molar-refractivity contribution in [2.24, 2.45) is 0 Å². The van der Waals surface area contributed by atoms with Crippen LogP contribution in [-0.4, -0.2) is 32.2 Å². The number of aliphatic hydroxyl groups is 1. The maximum atomic E-state index is 10.1. The summed E-state index contributed by atoms with van der Waals surface area (Å²) in [4.78, 5) is 15.1. The number of aliphatic hydroxyl groups excluding tert-OH is 1. The van der Waals surface area contributed by atoms with E-state index in [1.54, 1.807) is 19.5 Å². The smallest absolute Gasteiger partial charge is 0.222 e. The molecule has 0 saturated heterocycles. The Kier molecular flexibility index (Phi) is 11.2. The molecule has 172 valence electrons. The van der Waals surface area contributed by atoms with Gasteiger partial charge in [-0.15, -0.1) is 0 Å². The van der Waals surface area contributed by atoms with E-state index < -0.39 is 6.10 Å². The number of aromatic nitrogens is 4. The Hall–Kier alpha value is -2.58. The minimum atomic E-state index is -0.711. The molecule has 9 heteroatoms. The molecule has 1 unspecified atom stereocenters. The fourth-order valence-corrected chi connectivity index (χ4v) is 2.93. The van der Waals surface area contributed by atoms with Gasteiger partial charge in [0.15, 0.2) is 0 Å². The molecule has 0 amide bonds. The third-order valence-corrected chi connectivity index (χ3v) is 4.93. The molecule has 1 atom stereocenters. The van der Waals surface area contributed by atoms with Gasteiger partial charge in [-0.2, -0.15) is 0 Å². The van der Waals surface area contributed by atoms with Crippen LogP contribution in [0, 0.1) is 13.8 Å². The van der Waals surface area contributed by atoms with Crippen molar-refractivity contribution in [2.75, 3.05) is 7.11 Å². The van der Waals surface area contributed by atoms with Crippen molar-refractivity contribution in [3.8, 4) is 5.75 Å². The topological polar surface area (TPSA) is 81.0 Å². The zero-order valence-electron chi connectivity index (χ0n) is 18.3. The molecule has 0 aliphatic carbocycles. The van der Waals surface area contributed by atoms with Gasteiger partial charge in [0, 0.05) is 30.4 Å². The number of nitrogens with zero attached hydrogens (tertiary/aromatic N) is 4. The van der Waals surface area contributed by atoms with Gasteiger partial charge in [0.25, 0.3) is 0 Å². The van der Waals surface area contributed by atoms with E-state index in [9.17, 15) is 5.11 Å². The third kappa shape index (κ3) is 9.84. The lowest BCUT2D eigenvalue weighted by Gasteiger charge is -2.11. The minimum Gasteiger partial charge on any atom is -0.497 e. The molecule has 0 aliphatic heterocycles. The lowest BCUT2D eigenvalue weighted by Crippen LogP contribution is -2.01. The summed E-state index contributed by atoms with van der Waals surface area (Å²) in [6.45, 7) is 4.02. The summed E-state index contributed by atoms with van der Waals surface area (Å²) in [5.41, 5.74) is 3.79. The monoisotopic (exact) mass is 548 g/mol. The number of aryl methyl sites for hydroxylation is 2. The number of hydrogen-bond acceptors (Lipinski definition) is 6. The Bertz CT molecular complexity index is 1110. The van der Waals surface area contributed by atoms with Crippen LogP contribution in [-0.2, 0) is 0 Å². The molecule has 6 nitrogen and oxygen atoms in total. The van der Waals surface area contributed by atoms with E-state index in [4.69, 9.17) is 27.9 Å². The van der Waals surface area contributed by atoms with Crippen LogP contribution in [0.25, 0.3) is 0 Å². The van der Waals surface area contributed by atoms with Crippen LogP contribution in [0.15, 0.2) is 77.8 Å². The highest BCUT2D eigenvalue weighted by molar-refractivity contribution is 9.10. The van der Waals surface area contributed by atoms with E-state index in [0.29, 0.717) is 5.56 Å². The van der Waals surface area contributed by atoms with Gasteiger partial charge in [-0.3, -0.25) is 0 Å². The second-order valence-corrected chi connectivity index (χ2v) is 8.38. The molecule has 0 saturated carbocycles. The quantitative estimate of drug-likeness (QED) is 0.297. The Balaban J connectivity index is 0.000000192. The Labute approximate surface area is 211 Å². The average Bonchev–Trinajstić information content (AvgIpc) is 2.82. The van der Waals surface area contributed by atoms with Gasteiger partial charge < -0.3 is 9.84 Å². The van der Waals surface area contributed by atoms with Gasteiger partial charge in [0.2, 0.25) is 10.6 Å². The van der Waals surface area contributed by atoms with Gasteiger partial charge >= 0.3 is 0 Å². The first-order valence-electron chi connectivity index (χ1n) is 9.74. The highest BCUT2D eigenvalue weighted by Crippen LogP contribution is 2.21. The lowest BCUT2D eigenvalue weighted by atomic mass is 10.0. The summed E-state index contributed by atoms with van der Waals surface area (Å²) >= 11 is 14.1. The SMILES string of the molecule is COc1cccc(C)c1.Cc1cccc(C(O)c2cnc(Cl)nc2)c1.Clc1ncc(Br)cn1. The largest absolute Gasteiger partial charge is 0.497 e. The zero-order chi connectivity index (χ0) is 24.2. The summed E-state index contributed by atoms with van der Waals surface area (Å²) in [5.74, 6) is 0.926. The van der Waals surface area contributed by atoms with Gasteiger partial charge in [-0.25, -0.2) is 19.9 Å². The van der Waals surface area contributed by atoms with Crippen molar-refractivity contribution >= 4 is 39.1 Å². The molecule has 0 radical (unpaired) electrons. The summed E-state index contributed by atoms with van der Waals surface area (Å²) in [6, 6.07) is 15.6. The van der Waals surface area contributed by atoms with E-state index in [-0.39, 0.29) is 10.6 Å². The number of methoxy groups -OCH3 is 1. The predicted octanol–water partition coefficient (Wildman–Crippen LogP) is 6.42. The zero-order valence-corrected chi connectivity index (χ0v) is 21.4. The maximum absolute atomic E-state index is 10.1. The number of rotatable bonds is 3. The van der Waals surface area contributed by atoms with Crippen LogP contribution in [0.2, 0.25) is 10.6 Å². The van der Waals surface area contributed by atoms with Crippen LogP contribution < -0.4 is 4.74 Å². The van der Waals surface area contributed by atoms with Gasteiger partial charge in [-0.05, 0) is 76.2 Å². The van der Waals surface area contributed by atoms with Crippen molar-refractivity contribution in [1.29, 1.82) is 0 Å². The predicted molar refractivity (Wildman–Crippen MR) is 135 cm³/mol.